The predicted octanol–water partition coefficient (Wildman–Crippen LogP) is 3.01. The van der Waals surface area contributed by atoms with Gasteiger partial charge in [-0.1, -0.05) is 18.2 Å². The molecule has 0 spiro atoms. The molecule has 2 aliphatic heterocycles. The molecule has 2 aliphatic rings. The molecule has 2 unspecified atom stereocenters. The first-order chi connectivity index (χ1) is 12.3. The number of ketones is 1. The molecule has 2 aromatic rings. The summed E-state index contributed by atoms with van der Waals surface area (Å²) < 4.78 is 11.6. The summed E-state index contributed by atoms with van der Waals surface area (Å²) in [5.41, 5.74) is 1.79. The Morgan fingerprint density at radius 1 is 1.08 bits per heavy atom. The second kappa shape index (κ2) is 7.68. The van der Waals surface area contributed by atoms with Crippen molar-refractivity contribution in [3.63, 3.8) is 0 Å². The molecule has 0 saturated carbocycles. The summed E-state index contributed by atoms with van der Waals surface area (Å²) in [4.78, 5) is 18.4. The van der Waals surface area contributed by atoms with Crippen LogP contribution in [0.5, 0.6) is 0 Å². The van der Waals surface area contributed by atoms with Gasteiger partial charge in [-0.2, -0.15) is 0 Å². The molecule has 0 aliphatic carbocycles. The van der Waals surface area contributed by atoms with E-state index in [1.165, 1.54) is 0 Å². The second-order valence-electron chi connectivity index (χ2n) is 7.14. The first kappa shape index (κ1) is 16.8. The lowest BCUT2D eigenvalue weighted by molar-refractivity contribution is 0.0371. The van der Waals surface area contributed by atoms with E-state index in [4.69, 9.17) is 9.47 Å². The zero-order chi connectivity index (χ0) is 17.1. The fourth-order valence-corrected chi connectivity index (χ4v) is 3.95. The van der Waals surface area contributed by atoms with Crippen LogP contribution in [0.4, 0.5) is 0 Å². The number of hydrogen-bond acceptors (Lipinski definition) is 4. The van der Waals surface area contributed by atoms with E-state index in [9.17, 15) is 4.79 Å². The Bertz CT molecular complexity index is 697. The third-order valence-corrected chi connectivity index (χ3v) is 5.23. The van der Waals surface area contributed by atoms with Gasteiger partial charge < -0.3 is 14.5 Å². The molecule has 134 valence electrons. The summed E-state index contributed by atoms with van der Waals surface area (Å²) in [5.74, 6) is 0.161. The zero-order valence-electron chi connectivity index (χ0n) is 14.6. The lowest BCUT2D eigenvalue weighted by atomic mass is 10.1. The molecule has 0 bridgehead atoms. The van der Waals surface area contributed by atoms with Crippen LogP contribution in [-0.2, 0) is 9.47 Å². The average Bonchev–Trinajstić information content (AvgIpc) is 3.36. The van der Waals surface area contributed by atoms with Gasteiger partial charge in [-0.25, -0.2) is 0 Å². The quantitative estimate of drug-likeness (QED) is 0.786. The van der Waals surface area contributed by atoms with Gasteiger partial charge >= 0.3 is 0 Å². The summed E-state index contributed by atoms with van der Waals surface area (Å²) in [6.45, 7) is 3.73. The largest absolute Gasteiger partial charge is 0.377 e. The van der Waals surface area contributed by atoms with Crippen molar-refractivity contribution in [2.24, 2.45) is 0 Å². The van der Waals surface area contributed by atoms with E-state index in [-0.39, 0.29) is 18.0 Å². The topological polar surface area (TPSA) is 54.6 Å². The molecule has 1 N–H and O–H groups in total. The van der Waals surface area contributed by atoms with Gasteiger partial charge in [-0.05, 0) is 31.7 Å². The molecule has 5 heteroatoms. The maximum absolute atomic E-state index is 12.9. The fraction of sp³-hybridized carbons (Fsp3) is 0.550. The number of hydrogen-bond donors (Lipinski definition) is 1. The molecule has 2 saturated heterocycles. The monoisotopic (exact) mass is 342 g/mol. The minimum absolute atomic E-state index is 0.161. The Hall–Kier alpha value is -1.69. The van der Waals surface area contributed by atoms with Crippen LogP contribution in [0.15, 0.2) is 30.5 Å². The van der Waals surface area contributed by atoms with Gasteiger partial charge in [-0.15, -0.1) is 0 Å². The molecular formula is C20H26N2O3. The normalized spacial score (nSPS) is 23.7. The number of aromatic nitrogens is 1. The summed E-state index contributed by atoms with van der Waals surface area (Å²) >= 11 is 0. The molecular weight excluding hydrogens is 316 g/mol. The number of nitrogens with zero attached hydrogens (tertiary/aromatic N) is 1. The number of H-pyrrole nitrogens is 1. The number of rotatable bonds is 7. The average molecular weight is 342 g/mol. The molecule has 1 aromatic heterocycles. The van der Waals surface area contributed by atoms with E-state index >= 15 is 0 Å². The molecule has 5 nitrogen and oxygen atoms in total. The van der Waals surface area contributed by atoms with Crippen molar-refractivity contribution in [1.29, 1.82) is 0 Å². The first-order valence-electron chi connectivity index (χ1n) is 9.34. The standard InChI is InChI=1S/C20H26N2O3/c23-20(18-11-21-19-8-2-1-7-17(18)19)14-22(12-15-5-3-9-24-15)13-16-6-4-10-25-16/h1-2,7-8,11,15-16,21H,3-6,9-10,12-14H2. The maximum Gasteiger partial charge on any atom is 0.178 e. The van der Waals surface area contributed by atoms with Gasteiger partial charge in [0, 0.05) is 49.0 Å². The second-order valence-corrected chi connectivity index (χ2v) is 7.14. The van der Waals surface area contributed by atoms with Crippen LogP contribution in [0.2, 0.25) is 0 Å². The van der Waals surface area contributed by atoms with Crippen molar-refractivity contribution in [3.8, 4) is 0 Å². The van der Waals surface area contributed by atoms with Crippen LogP contribution in [0, 0.1) is 0 Å². The summed E-state index contributed by atoms with van der Waals surface area (Å²) in [5, 5.41) is 1.00. The van der Waals surface area contributed by atoms with Gasteiger partial charge in [0.1, 0.15) is 0 Å². The molecule has 3 heterocycles. The van der Waals surface area contributed by atoms with Crippen LogP contribution in [0.25, 0.3) is 10.9 Å². The van der Waals surface area contributed by atoms with E-state index in [2.05, 4.69) is 9.88 Å². The van der Waals surface area contributed by atoms with Gasteiger partial charge in [0.2, 0.25) is 0 Å². The van der Waals surface area contributed by atoms with Crippen LogP contribution in [0.1, 0.15) is 36.0 Å². The molecule has 2 atom stereocenters. The van der Waals surface area contributed by atoms with E-state index in [0.29, 0.717) is 6.54 Å². The minimum atomic E-state index is 0.161. The van der Waals surface area contributed by atoms with Crippen LogP contribution in [-0.4, -0.2) is 60.7 Å². The SMILES string of the molecule is O=C(CN(CC1CCCO1)CC1CCCO1)c1c[nH]c2ccccc12. The van der Waals surface area contributed by atoms with Crippen molar-refractivity contribution in [2.45, 2.75) is 37.9 Å². The highest BCUT2D eigenvalue weighted by molar-refractivity contribution is 6.08. The molecule has 1 aromatic carbocycles. The predicted molar refractivity (Wildman–Crippen MR) is 97.0 cm³/mol. The lowest BCUT2D eigenvalue weighted by Crippen LogP contribution is -2.40. The van der Waals surface area contributed by atoms with E-state index in [0.717, 1.165) is 68.5 Å². The minimum Gasteiger partial charge on any atom is -0.377 e. The smallest absolute Gasteiger partial charge is 0.178 e. The highest BCUT2D eigenvalue weighted by Crippen LogP contribution is 2.21. The number of carbonyl (C=O) groups excluding carboxylic acids is 1. The van der Waals surface area contributed by atoms with Crippen LogP contribution in [0.3, 0.4) is 0 Å². The third kappa shape index (κ3) is 3.94. The Balaban J connectivity index is 1.46. The number of para-hydroxylation sites is 1. The Morgan fingerprint density at radius 2 is 1.76 bits per heavy atom. The van der Waals surface area contributed by atoms with Gasteiger partial charge in [0.25, 0.3) is 0 Å². The number of fused-ring (bicyclic) bond motifs is 1. The summed E-state index contributed by atoms with van der Waals surface area (Å²) in [6, 6.07) is 7.96. The maximum atomic E-state index is 12.9. The van der Waals surface area contributed by atoms with Gasteiger partial charge in [0.05, 0.1) is 18.8 Å². The Labute approximate surface area is 148 Å². The molecule has 4 rings (SSSR count). The molecule has 2 fully saturated rings. The Kier molecular flexibility index (Phi) is 5.15. The number of Topliss-reactive ketones (excluding diaryl/α,β-unsaturated/α-hetero) is 1. The molecule has 25 heavy (non-hydrogen) atoms. The molecule has 0 amide bonds. The van der Waals surface area contributed by atoms with Crippen molar-refractivity contribution in [1.82, 2.24) is 9.88 Å². The summed E-state index contributed by atoms with van der Waals surface area (Å²) in [7, 11) is 0. The van der Waals surface area contributed by atoms with E-state index in [1.807, 2.05) is 30.5 Å². The number of aromatic amines is 1. The highest BCUT2D eigenvalue weighted by Gasteiger charge is 2.26. The molecule has 0 radical (unpaired) electrons. The van der Waals surface area contributed by atoms with Gasteiger partial charge in [0.15, 0.2) is 5.78 Å². The summed E-state index contributed by atoms with van der Waals surface area (Å²) in [6.07, 6.45) is 6.74. The van der Waals surface area contributed by atoms with E-state index < -0.39 is 0 Å². The van der Waals surface area contributed by atoms with Crippen molar-refractivity contribution >= 4 is 16.7 Å². The Morgan fingerprint density at radius 3 is 2.40 bits per heavy atom. The number of benzene rings is 1. The highest BCUT2D eigenvalue weighted by atomic mass is 16.5. The number of carbonyl (C=O) groups is 1. The van der Waals surface area contributed by atoms with Crippen LogP contribution < -0.4 is 0 Å². The van der Waals surface area contributed by atoms with Crippen molar-refractivity contribution < 1.29 is 14.3 Å². The third-order valence-electron chi connectivity index (χ3n) is 5.23. The van der Waals surface area contributed by atoms with Crippen molar-refractivity contribution in [2.75, 3.05) is 32.8 Å². The van der Waals surface area contributed by atoms with Crippen LogP contribution >= 0.6 is 0 Å². The first-order valence-corrected chi connectivity index (χ1v) is 9.34. The van der Waals surface area contributed by atoms with Crippen molar-refractivity contribution in [3.05, 3.63) is 36.0 Å². The number of ether oxygens (including phenoxy) is 2. The fourth-order valence-electron chi connectivity index (χ4n) is 3.95. The van der Waals surface area contributed by atoms with E-state index in [1.54, 1.807) is 0 Å². The number of nitrogens with one attached hydrogen (secondary N) is 1. The van der Waals surface area contributed by atoms with Gasteiger partial charge in [-0.3, -0.25) is 9.69 Å². The zero-order valence-corrected chi connectivity index (χ0v) is 14.6. The lowest BCUT2D eigenvalue weighted by Gasteiger charge is -2.26.